The van der Waals surface area contributed by atoms with Crippen molar-refractivity contribution in [1.82, 2.24) is 4.98 Å². The van der Waals surface area contributed by atoms with Crippen LogP contribution in [0.5, 0.6) is 0 Å². The summed E-state index contributed by atoms with van der Waals surface area (Å²) in [5.41, 5.74) is 4.93. The van der Waals surface area contributed by atoms with E-state index in [-0.39, 0.29) is 0 Å². The molecule has 0 saturated carbocycles. The second-order valence-electron chi connectivity index (χ2n) is 3.24. The molecule has 2 heteroatoms. The molecule has 2 heterocycles. The van der Waals surface area contributed by atoms with Gasteiger partial charge in [0.15, 0.2) is 0 Å². The fraction of sp³-hybridized carbons (Fsp3) is 0.300. The van der Waals surface area contributed by atoms with Crippen molar-refractivity contribution in [2.75, 3.05) is 0 Å². The number of hydrogen-bond acceptors (Lipinski definition) is 1. The van der Waals surface area contributed by atoms with E-state index < -0.39 is 0 Å². The smallest absolute Gasteiger partial charge is 0.0795 e. The van der Waals surface area contributed by atoms with Crippen LogP contribution in [0, 0.1) is 6.92 Å². The molecule has 0 saturated heterocycles. The zero-order valence-corrected chi connectivity index (χ0v) is 7.39. The van der Waals surface area contributed by atoms with Crippen molar-refractivity contribution in [3.63, 3.8) is 0 Å². The van der Waals surface area contributed by atoms with Gasteiger partial charge in [0.2, 0.25) is 0 Å². The Labute approximate surface area is 72.0 Å². The molecule has 0 bridgehead atoms. The van der Waals surface area contributed by atoms with Crippen LogP contribution in [-0.2, 0) is 6.54 Å². The zero-order valence-electron chi connectivity index (χ0n) is 7.39. The number of aromatic nitrogens is 1. The van der Waals surface area contributed by atoms with E-state index in [2.05, 4.69) is 36.0 Å². The van der Waals surface area contributed by atoms with Gasteiger partial charge in [-0.25, -0.2) is 0 Å². The second kappa shape index (κ2) is 2.63. The number of H-pyrrole nitrogens is 1. The molecule has 0 amide bonds. The van der Waals surface area contributed by atoms with Crippen LogP contribution in [0.4, 0.5) is 0 Å². The fourth-order valence-corrected chi connectivity index (χ4v) is 1.49. The number of fused-ring (bicyclic) bond motifs is 1. The van der Waals surface area contributed by atoms with Crippen LogP contribution in [0.1, 0.15) is 23.9 Å². The molecular weight excluding hydrogens is 148 g/mol. The number of aliphatic imine (C=N–C) groups is 1. The fourth-order valence-electron chi connectivity index (χ4n) is 1.49. The van der Waals surface area contributed by atoms with Crippen LogP contribution < -0.4 is 0 Å². The first kappa shape index (κ1) is 7.35. The Kier molecular flexibility index (Phi) is 1.61. The Morgan fingerprint density at radius 2 is 2.25 bits per heavy atom. The average Bonchev–Trinajstić information content (AvgIpc) is 2.23. The van der Waals surface area contributed by atoms with Gasteiger partial charge in [0.25, 0.3) is 0 Å². The van der Waals surface area contributed by atoms with Gasteiger partial charge in [-0.1, -0.05) is 0 Å². The lowest BCUT2D eigenvalue weighted by molar-refractivity contribution is 1.00. The lowest BCUT2D eigenvalue weighted by atomic mass is 10.2. The minimum absolute atomic E-state index is 0.775. The van der Waals surface area contributed by atoms with Crippen LogP contribution in [0.25, 0.3) is 6.08 Å². The lowest BCUT2D eigenvalue weighted by Gasteiger charge is -1.90. The Hall–Kier alpha value is -1.31. The second-order valence-corrected chi connectivity index (χ2v) is 3.24. The molecule has 1 aliphatic heterocycles. The minimum atomic E-state index is 0.775. The summed E-state index contributed by atoms with van der Waals surface area (Å²) in [5.74, 6) is 0. The van der Waals surface area contributed by atoms with E-state index in [0.29, 0.717) is 0 Å². The topological polar surface area (TPSA) is 28.1 Å². The maximum Gasteiger partial charge on any atom is 0.0795 e. The third kappa shape index (κ3) is 1.20. The average molecular weight is 160 g/mol. The molecule has 1 N–H and O–H groups in total. The number of nitrogens with one attached hydrogen (secondary N) is 1. The Morgan fingerprint density at radius 3 is 3.08 bits per heavy atom. The van der Waals surface area contributed by atoms with E-state index in [0.717, 1.165) is 6.54 Å². The van der Waals surface area contributed by atoms with E-state index in [4.69, 9.17) is 0 Å². The predicted molar refractivity (Wildman–Crippen MR) is 51.4 cm³/mol. The molecule has 1 aromatic heterocycles. The molecule has 0 atom stereocenters. The quantitative estimate of drug-likeness (QED) is 0.603. The summed E-state index contributed by atoms with van der Waals surface area (Å²) < 4.78 is 0. The molecule has 2 nitrogen and oxygen atoms in total. The van der Waals surface area contributed by atoms with Gasteiger partial charge in [0.05, 0.1) is 6.54 Å². The first-order valence-electron chi connectivity index (χ1n) is 4.12. The summed E-state index contributed by atoms with van der Waals surface area (Å²) in [4.78, 5) is 7.58. The molecule has 0 aromatic carbocycles. The van der Waals surface area contributed by atoms with Crippen LogP contribution in [-0.4, -0.2) is 11.2 Å². The standard InChI is InChI=1S/C10H12N2/c1-7-3-9-4-8(2)12-10(9)6-11-5-7/h3-5,12H,6H2,1-2H3. The number of hydrogen-bond donors (Lipinski definition) is 1. The van der Waals surface area contributed by atoms with E-state index in [1.54, 1.807) is 0 Å². The summed E-state index contributed by atoms with van der Waals surface area (Å²) in [6.45, 7) is 4.92. The van der Waals surface area contributed by atoms with Crippen molar-refractivity contribution < 1.29 is 0 Å². The molecule has 1 aliphatic rings. The first-order valence-corrected chi connectivity index (χ1v) is 4.12. The van der Waals surface area contributed by atoms with Crippen molar-refractivity contribution in [3.8, 4) is 0 Å². The molecule has 12 heavy (non-hydrogen) atoms. The molecular formula is C10H12N2. The van der Waals surface area contributed by atoms with Crippen molar-refractivity contribution in [2.24, 2.45) is 4.99 Å². The highest BCUT2D eigenvalue weighted by molar-refractivity contribution is 5.86. The summed E-state index contributed by atoms with van der Waals surface area (Å²) >= 11 is 0. The number of nitrogens with zero attached hydrogens (tertiary/aromatic N) is 1. The summed E-state index contributed by atoms with van der Waals surface area (Å²) in [6, 6.07) is 2.16. The van der Waals surface area contributed by atoms with E-state index in [9.17, 15) is 0 Å². The monoisotopic (exact) mass is 160 g/mol. The van der Waals surface area contributed by atoms with Gasteiger partial charge in [0, 0.05) is 17.6 Å². The summed E-state index contributed by atoms with van der Waals surface area (Å²) in [5, 5.41) is 0. The minimum Gasteiger partial charge on any atom is -0.360 e. The van der Waals surface area contributed by atoms with Gasteiger partial charge >= 0.3 is 0 Å². The SMILES string of the molecule is CC1=Cc2cc(C)[nH]c2CN=C1. The number of rotatable bonds is 0. The maximum atomic E-state index is 4.28. The summed E-state index contributed by atoms with van der Waals surface area (Å²) in [7, 11) is 0. The maximum absolute atomic E-state index is 4.28. The Bertz CT molecular complexity index is 356. The van der Waals surface area contributed by atoms with E-state index >= 15 is 0 Å². The Balaban J connectivity index is 2.52. The van der Waals surface area contributed by atoms with Crippen LogP contribution >= 0.6 is 0 Å². The zero-order chi connectivity index (χ0) is 8.55. The van der Waals surface area contributed by atoms with Gasteiger partial charge in [-0.05, 0) is 37.1 Å². The predicted octanol–water partition coefficient (Wildman–Crippen LogP) is 2.31. The Morgan fingerprint density at radius 1 is 1.42 bits per heavy atom. The van der Waals surface area contributed by atoms with Gasteiger partial charge in [0.1, 0.15) is 0 Å². The van der Waals surface area contributed by atoms with Gasteiger partial charge in [-0.15, -0.1) is 0 Å². The molecule has 0 unspecified atom stereocenters. The lowest BCUT2D eigenvalue weighted by Crippen LogP contribution is -1.82. The van der Waals surface area contributed by atoms with Crippen molar-refractivity contribution in [2.45, 2.75) is 20.4 Å². The van der Waals surface area contributed by atoms with Gasteiger partial charge in [-0.2, -0.15) is 0 Å². The molecule has 0 fully saturated rings. The largest absolute Gasteiger partial charge is 0.360 e. The highest BCUT2D eigenvalue weighted by atomic mass is 14.8. The number of aryl methyl sites for hydroxylation is 1. The van der Waals surface area contributed by atoms with Crippen molar-refractivity contribution in [1.29, 1.82) is 0 Å². The molecule has 2 rings (SSSR count). The number of allylic oxidation sites excluding steroid dienone is 1. The third-order valence-electron chi connectivity index (χ3n) is 2.00. The van der Waals surface area contributed by atoms with Gasteiger partial charge in [-0.3, -0.25) is 4.99 Å². The third-order valence-corrected chi connectivity index (χ3v) is 2.00. The van der Waals surface area contributed by atoms with Gasteiger partial charge < -0.3 is 4.98 Å². The molecule has 1 aromatic rings. The number of aromatic amines is 1. The van der Waals surface area contributed by atoms with Crippen molar-refractivity contribution >= 4 is 12.3 Å². The molecule has 0 radical (unpaired) electrons. The molecule has 62 valence electrons. The first-order chi connectivity index (χ1) is 5.75. The van der Waals surface area contributed by atoms with E-state index in [1.165, 1.54) is 22.5 Å². The summed E-state index contributed by atoms with van der Waals surface area (Å²) in [6.07, 6.45) is 4.08. The normalized spacial score (nSPS) is 15.3. The van der Waals surface area contributed by atoms with Crippen LogP contribution in [0.2, 0.25) is 0 Å². The molecule has 0 spiro atoms. The highest BCUT2D eigenvalue weighted by Gasteiger charge is 2.05. The van der Waals surface area contributed by atoms with Crippen molar-refractivity contribution in [3.05, 3.63) is 28.6 Å². The molecule has 0 aliphatic carbocycles. The highest BCUT2D eigenvalue weighted by Crippen LogP contribution is 2.17. The van der Waals surface area contributed by atoms with Crippen LogP contribution in [0.3, 0.4) is 0 Å². The van der Waals surface area contributed by atoms with E-state index in [1.807, 2.05) is 6.21 Å². The van der Waals surface area contributed by atoms with Crippen LogP contribution in [0.15, 0.2) is 16.6 Å².